The molecule has 21 heavy (non-hydrogen) atoms. The topological polar surface area (TPSA) is 84.2 Å². The van der Waals surface area contributed by atoms with E-state index >= 15 is 0 Å². The molecule has 0 radical (unpaired) electrons. The summed E-state index contributed by atoms with van der Waals surface area (Å²) < 4.78 is 0. The number of nitrogens with two attached hydrogens (primary N) is 1. The maximum atomic E-state index is 12.2. The molecule has 1 aromatic rings. The molecule has 1 aromatic carbocycles. The first-order valence-corrected chi connectivity index (χ1v) is 7.45. The Morgan fingerprint density at radius 3 is 2.52 bits per heavy atom. The van der Waals surface area contributed by atoms with Crippen LogP contribution in [0.1, 0.15) is 50.4 Å². The fourth-order valence-corrected chi connectivity index (χ4v) is 1.86. The van der Waals surface area contributed by atoms with E-state index in [9.17, 15) is 9.59 Å². The van der Waals surface area contributed by atoms with Crippen LogP contribution in [0.2, 0.25) is 0 Å². The molecule has 2 amide bonds. The van der Waals surface area contributed by atoms with Gasteiger partial charge in [0.25, 0.3) is 5.91 Å². The third kappa shape index (κ3) is 5.19. The van der Waals surface area contributed by atoms with Crippen LogP contribution in [0.3, 0.4) is 0 Å². The van der Waals surface area contributed by atoms with Gasteiger partial charge in [-0.3, -0.25) is 9.59 Å². The molecule has 1 rings (SSSR count). The summed E-state index contributed by atoms with van der Waals surface area (Å²) in [6.45, 7) is 5.92. The van der Waals surface area contributed by atoms with Crippen molar-refractivity contribution >= 4 is 17.5 Å². The van der Waals surface area contributed by atoms with Crippen LogP contribution in [0.25, 0.3) is 0 Å². The van der Waals surface area contributed by atoms with E-state index < -0.39 is 6.04 Å². The highest BCUT2D eigenvalue weighted by atomic mass is 16.2. The molecule has 2 atom stereocenters. The normalized spacial score (nSPS) is 13.3. The Kier molecular flexibility index (Phi) is 6.88. The van der Waals surface area contributed by atoms with Crippen LogP contribution >= 0.6 is 0 Å². The fourth-order valence-electron chi connectivity index (χ4n) is 1.86. The van der Waals surface area contributed by atoms with Crippen LogP contribution in [0.5, 0.6) is 0 Å². The van der Waals surface area contributed by atoms with Gasteiger partial charge in [0, 0.05) is 6.04 Å². The molecule has 0 heterocycles. The molecule has 0 fully saturated rings. The quantitative estimate of drug-likeness (QED) is 0.720. The molecule has 0 aliphatic carbocycles. The van der Waals surface area contributed by atoms with Gasteiger partial charge in [0.05, 0.1) is 17.3 Å². The first-order chi connectivity index (χ1) is 9.99. The number of hydrogen-bond acceptors (Lipinski definition) is 3. The lowest BCUT2D eigenvalue weighted by Crippen LogP contribution is -2.37. The summed E-state index contributed by atoms with van der Waals surface area (Å²) in [6.07, 6.45) is 2.30. The molecular formula is C16H25N3O2. The Bertz CT molecular complexity index is 488. The molecule has 5 heteroatoms. The van der Waals surface area contributed by atoms with Gasteiger partial charge in [0.1, 0.15) is 0 Å². The van der Waals surface area contributed by atoms with Gasteiger partial charge in [0.2, 0.25) is 5.91 Å². The smallest absolute Gasteiger partial charge is 0.253 e. The second kappa shape index (κ2) is 8.42. The third-order valence-electron chi connectivity index (χ3n) is 3.36. The Morgan fingerprint density at radius 2 is 1.90 bits per heavy atom. The summed E-state index contributed by atoms with van der Waals surface area (Å²) in [7, 11) is 0. The molecule has 0 saturated carbocycles. The van der Waals surface area contributed by atoms with Crippen molar-refractivity contribution in [1.29, 1.82) is 0 Å². The highest BCUT2D eigenvalue weighted by Gasteiger charge is 2.17. The van der Waals surface area contributed by atoms with Gasteiger partial charge in [-0.15, -0.1) is 0 Å². The number of rotatable bonds is 7. The van der Waals surface area contributed by atoms with Gasteiger partial charge in [-0.25, -0.2) is 0 Å². The molecule has 0 aromatic heterocycles. The molecule has 0 saturated heterocycles. The van der Waals surface area contributed by atoms with E-state index in [0.29, 0.717) is 17.7 Å². The minimum absolute atomic E-state index is 0.0867. The van der Waals surface area contributed by atoms with Crippen molar-refractivity contribution in [1.82, 2.24) is 5.32 Å². The Morgan fingerprint density at radius 1 is 1.24 bits per heavy atom. The van der Waals surface area contributed by atoms with Gasteiger partial charge >= 0.3 is 0 Å². The van der Waals surface area contributed by atoms with E-state index in [1.807, 2.05) is 20.8 Å². The predicted octanol–water partition coefficient (Wildman–Crippen LogP) is 2.28. The van der Waals surface area contributed by atoms with Crippen molar-refractivity contribution < 1.29 is 9.59 Å². The minimum atomic E-state index is -0.555. The SMILES string of the molecule is CCC[C@@H](N)C(=O)Nc1ccccc1C(=O)NC(C)CC. The van der Waals surface area contributed by atoms with Crippen molar-refractivity contribution in [2.45, 2.75) is 52.1 Å². The number of anilines is 1. The van der Waals surface area contributed by atoms with Crippen LogP contribution in [-0.2, 0) is 4.79 Å². The second-order valence-corrected chi connectivity index (χ2v) is 5.21. The lowest BCUT2D eigenvalue weighted by Gasteiger charge is -2.16. The van der Waals surface area contributed by atoms with Crippen molar-refractivity contribution in [2.75, 3.05) is 5.32 Å². The van der Waals surface area contributed by atoms with E-state index in [1.165, 1.54) is 0 Å². The zero-order valence-electron chi connectivity index (χ0n) is 13.0. The van der Waals surface area contributed by atoms with Gasteiger partial charge in [-0.1, -0.05) is 32.4 Å². The highest BCUT2D eigenvalue weighted by molar-refractivity contribution is 6.04. The number of carbonyl (C=O) groups is 2. The number of para-hydroxylation sites is 1. The van der Waals surface area contributed by atoms with Crippen LogP contribution in [0.4, 0.5) is 5.69 Å². The summed E-state index contributed by atoms with van der Waals surface area (Å²) in [5, 5.41) is 5.63. The lowest BCUT2D eigenvalue weighted by atomic mass is 10.1. The van der Waals surface area contributed by atoms with Crippen molar-refractivity contribution in [3.8, 4) is 0 Å². The van der Waals surface area contributed by atoms with E-state index in [-0.39, 0.29) is 17.9 Å². The number of carbonyl (C=O) groups excluding carboxylic acids is 2. The summed E-state index contributed by atoms with van der Waals surface area (Å²) >= 11 is 0. The Hall–Kier alpha value is -1.88. The zero-order valence-corrected chi connectivity index (χ0v) is 13.0. The molecule has 1 unspecified atom stereocenters. The molecule has 0 spiro atoms. The number of amides is 2. The summed E-state index contributed by atoms with van der Waals surface area (Å²) in [5.74, 6) is -0.454. The average molecular weight is 291 g/mol. The first kappa shape index (κ1) is 17.2. The van der Waals surface area contributed by atoms with Crippen LogP contribution < -0.4 is 16.4 Å². The molecule has 4 N–H and O–H groups in total. The maximum Gasteiger partial charge on any atom is 0.253 e. The highest BCUT2D eigenvalue weighted by Crippen LogP contribution is 2.16. The molecule has 0 aliphatic heterocycles. The van der Waals surface area contributed by atoms with E-state index in [1.54, 1.807) is 24.3 Å². The fraction of sp³-hybridized carbons (Fsp3) is 0.500. The third-order valence-corrected chi connectivity index (χ3v) is 3.36. The minimum Gasteiger partial charge on any atom is -0.350 e. The second-order valence-electron chi connectivity index (χ2n) is 5.21. The Balaban J connectivity index is 2.84. The summed E-state index contributed by atoms with van der Waals surface area (Å²) in [6, 6.07) is 6.49. The van der Waals surface area contributed by atoms with Gasteiger partial charge in [-0.2, -0.15) is 0 Å². The first-order valence-electron chi connectivity index (χ1n) is 7.45. The largest absolute Gasteiger partial charge is 0.350 e. The molecule has 0 bridgehead atoms. The zero-order chi connectivity index (χ0) is 15.8. The molecule has 5 nitrogen and oxygen atoms in total. The summed E-state index contributed by atoms with van der Waals surface area (Å²) in [5.41, 5.74) is 6.74. The average Bonchev–Trinajstić information content (AvgIpc) is 2.47. The van der Waals surface area contributed by atoms with Crippen molar-refractivity contribution in [3.63, 3.8) is 0 Å². The van der Waals surface area contributed by atoms with E-state index in [0.717, 1.165) is 12.8 Å². The summed E-state index contributed by atoms with van der Waals surface area (Å²) in [4.78, 5) is 24.2. The number of hydrogen-bond donors (Lipinski definition) is 3. The van der Waals surface area contributed by atoms with E-state index in [2.05, 4.69) is 10.6 Å². The van der Waals surface area contributed by atoms with E-state index in [4.69, 9.17) is 5.73 Å². The standard InChI is InChI=1S/C16H25N3O2/c1-4-8-13(17)16(21)19-14-10-7-6-9-12(14)15(20)18-11(3)5-2/h6-7,9-11,13H,4-5,8,17H2,1-3H3,(H,18,20)(H,19,21)/t11?,13-/m1/s1. The predicted molar refractivity (Wildman–Crippen MR) is 85.2 cm³/mol. The molecular weight excluding hydrogens is 266 g/mol. The maximum absolute atomic E-state index is 12.2. The monoisotopic (exact) mass is 291 g/mol. The van der Waals surface area contributed by atoms with Crippen LogP contribution in [0.15, 0.2) is 24.3 Å². The van der Waals surface area contributed by atoms with Crippen molar-refractivity contribution in [2.24, 2.45) is 5.73 Å². The van der Waals surface area contributed by atoms with Gasteiger partial charge in [-0.05, 0) is 31.9 Å². The number of nitrogens with one attached hydrogen (secondary N) is 2. The van der Waals surface area contributed by atoms with Crippen molar-refractivity contribution in [3.05, 3.63) is 29.8 Å². The molecule has 0 aliphatic rings. The number of benzene rings is 1. The Labute approximate surface area is 126 Å². The van der Waals surface area contributed by atoms with Crippen LogP contribution in [0, 0.1) is 0 Å². The van der Waals surface area contributed by atoms with Crippen LogP contribution in [-0.4, -0.2) is 23.9 Å². The lowest BCUT2D eigenvalue weighted by molar-refractivity contribution is -0.117. The van der Waals surface area contributed by atoms with Gasteiger partial charge < -0.3 is 16.4 Å². The molecule has 116 valence electrons. The van der Waals surface area contributed by atoms with Gasteiger partial charge in [0.15, 0.2) is 0 Å².